The fourth-order valence-corrected chi connectivity index (χ4v) is 0.510. The standard InChI is InChI=1S/C4H8O.3ClH.Cr/c1-2-4-5-3-1;;;;/h1-4H2;3*1H;/q;;;;+2/p-3. The van der Waals surface area contributed by atoms with Crippen LogP contribution >= 0.6 is 0 Å². The molecule has 1 nitrogen and oxygen atoms in total. The molecule has 0 bridgehead atoms. The maximum atomic E-state index is 4.94. The summed E-state index contributed by atoms with van der Waals surface area (Å²) in [6.07, 6.45) is 2.56. The zero-order valence-corrected chi connectivity index (χ0v) is 8.32. The summed E-state index contributed by atoms with van der Waals surface area (Å²) in [7, 11) is 0. The molecular formula is C4H8Cl3CrO-. The Kier molecular flexibility index (Phi) is 40.3. The fourth-order valence-electron chi connectivity index (χ4n) is 0.510. The van der Waals surface area contributed by atoms with E-state index in [1.165, 1.54) is 12.8 Å². The first-order chi connectivity index (χ1) is 2.50. The Hall–Kier alpha value is 1.36. The minimum Gasteiger partial charge on any atom is -1.00 e. The molecule has 0 radical (unpaired) electrons. The van der Waals surface area contributed by atoms with Gasteiger partial charge in [0.25, 0.3) is 0 Å². The van der Waals surface area contributed by atoms with Gasteiger partial charge in [0, 0.05) is 13.2 Å². The summed E-state index contributed by atoms with van der Waals surface area (Å²) in [5.41, 5.74) is 0. The van der Waals surface area contributed by atoms with Crippen molar-refractivity contribution in [2.45, 2.75) is 12.8 Å². The van der Waals surface area contributed by atoms with E-state index in [1.54, 1.807) is 0 Å². The second-order valence-corrected chi connectivity index (χ2v) is 1.32. The predicted octanol–water partition coefficient (Wildman–Crippen LogP) is -8.19. The second-order valence-electron chi connectivity index (χ2n) is 1.32. The zero-order chi connectivity index (χ0) is 3.54. The normalized spacial score (nSPS) is 13.3. The zero-order valence-electron chi connectivity index (χ0n) is 4.78. The van der Waals surface area contributed by atoms with Crippen molar-refractivity contribution in [3.8, 4) is 0 Å². The van der Waals surface area contributed by atoms with E-state index in [1.807, 2.05) is 0 Å². The minimum atomic E-state index is 0. The maximum Gasteiger partial charge on any atom is 2.00 e. The van der Waals surface area contributed by atoms with Gasteiger partial charge in [-0.3, -0.25) is 0 Å². The van der Waals surface area contributed by atoms with Crippen molar-refractivity contribution in [1.82, 2.24) is 0 Å². The molecule has 9 heavy (non-hydrogen) atoms. The molecule has 1 aliphatic rings. The summed E-state index contributed by atoms with van der Waals surface area (Å²) < 4.78 is 4.94. The van der Waals surface area contributed by atoms with E-state index in [2.05, 4.69) is 0 Å². The van der Waals surface area contributed by atoms with Crippen molar-refractivity contribution in [2.24, 2.45) is 0 Å². The van der Waals surface area contributed by atoms with Crippen molar-refractivity contribution in [1.29, 1.82) is 0 Å². The first-order valence-corrected chi connectivity index (χ1v) is 2.08. The first kappa shape index (κ1) is 22.4. The molecule has 0 aliphatic carbocycles. The average Bonchev–Trinajstić information content (AvgIpc) is 1.76. The van der Waals surface area contributed by atoms with Crippen LogP contribution in [0.2, 0.25) is 0 Å². The van der Waals surface area contributed by atoms with Crippen LogP contribution in [-0.2, 0) is 22.1 Å². The molecule has 58 valence electrons. The molecule has 5 heteroatoms. The molecule has 0 saturated carbocycles. The number of halogens is 3. The smallest absolute Gasteiger partial charge is 1.00 e. The third kappa shape index (κ3) is 12.5. The molecule has 1 heterocycles. The molecule has 0 unspecified atom stereocenters. The summed E-state index contributed by atoms with van der Waals surface area (Å²) in [5, 5.41) is 0. The Morgan fingerprint density at radius 2 is 1.11 bits per heavy atom. The molecule has 1 saturated heterocycles. The third-order valence-electron chi connectivity index (χ3n) is 0.827. The predicted molar refractivity (Wildman–Crippen MR) is 20.1 cm³/mol. The van der Waals surface area contributed by atoms with E-state index in [0.29, 0.717) is 0 Å². The Balaban J connectivity index is -0.0000000312. The second kappa shape index (κ2) is 16.2. The molecule has 0 aromatic rings. The van der Waals surface area contributed by atoms with Gasteiger partial charge in [-0.2, -0.15) is 0 Å². The Labute approximate surface area is 85.3 Å². The molecule has 0 amide bonds. The minimum absolute atomic E-state index is 0. The number of hydrogen-bond donors (Lipinski definition) is 0. The topological polar surface area (TPSA) is 9.23 Å². The molecule has 0 atom stereocenters. The third-order valence-corrected chi connectivity index (χ3v) is 0.827. The average molecular weight is 230 g/mol. The van der Waals surface area contributed by atoms with E-state index in [4.69, 9.17) is 4.74 Å². The van der Waals surface area contributed by atoms with Crippen LogP contribution in [0.5, 0.6) is 0 Å². The van der Waals surface area contributed by atoms with Crippen molar-refractivity contribution < 1.29 is 59.3 Å². The van der Waals surface area contributed by atoms with Crippen LogP contribution in [0, 0.1) is 0 Å². The van der Waals surface area contributed by atoms with Gasteiger partial charge in [-0.25, -0.2) is 0 Å². The maximum absolute atomic E-state index is 4.94. The van der Waals surface area contributed by atoms with Crippen LogP contribution in [0.25, 0.3) is 0 Å². The van der Waals surface area contributed by atoms with Gasteiger partial charge in [0.2, 0.25) is 0 Å². The van der Waals surface area contributed by atoms with Gasteiger partial charge in [-0.15, -0.1) is 0 Å². The SMILES string of the molecule is C1CCOC1.[Cl-].[Cl-].[Cl-].[Cr+2]. The Morgan fingerprint density at radius 1 is 0.778 bits per heavy atom. The van der Waals surface area contributed by atoms with Crippen LogP contribution < -0.4 is 37.2 Å². The van der Waals surface area contributed by atoms with Crippen molar-refractivity contribution in [3.05, 3.63) is 0 Å². The summed E-state index contributed by atoms with van der Waals surface area (Å²) >= 11 is 0. The molecule has 1 fully saturated rings. The van der Waals surface area contributed by atoms with Crippen LogP contribution in [0.1, 0.15) is 12.8 Å². The molecular weight excluding hydrogens is 222 g/mol. The van der Waals surface area contributed by atoms with E-state index in [0.717, 1.165) is 13.2 Å². The quantitative estimate of drug-likeness (QED) is 0.402. The van der Waals surface area contributed by atoms with Crippen LogP contribution in [0.3, 0.4) is 0 Å². The van der Waals surface area contributed by atoms with Crippen LogP contribution in [-0.4, -0.2) is 13.2 Å². The Morgan fingerprint density at radius 3 is 1.22 bits per heavy atom. The van der Waals surface area contributed by atoms with E-state index in [9.17, 15) is 0 Å². The van der Waals surface area contributed by atoms with Gasteiger partial charge in [0.1, 0.15) is 0 Å². The first-order valence-electron chi connectivity index (χ1n) is 2.08. The van der Waals surface area contributed by atoms with Crippen molar-refractivity contribution >= 4 is 0 Å². The van der Waals surface area contributed by atoms with Gasteiger partial charge >= 0.3 is 17.4 Å². The van der Waals surface area contributed by atoms with Crippen LogP contribution in [0.15, 0.2) is 0 Å². The molecule has 0 N–H and O–H groups in total. The monoisotopic (exact) mass is 229 g/mol. The molecule has 0 spiro atoms. The summed E-state index contributed by atoms with van der Waals surface area (Å²) in [4.78, 5) is 0. The van der Waals surface area contributed by atoms with Crippen molar-refractivity contribution in [2.75, 3.05) is 13.2 Å². The summed E-state index contributed by atoms with van der Waals surface area (Å²) in [6.45, 7) is 2.00. The van der Waals surface area contributed by atoms with Gasteiger partial charge in [0.15, 0.2) is 0 Å². The van der Waals surface area contributed by atoms with Gasteiger partial charge < -0.3 is 42.0 Å². The molecule has 0 aromatic carbocycles. The van der Waals surface area contributed by atoms with Crippen LogP contribution in [0.4, 0.5) is 0 Å². The summed E-state index contributed by atoms with van der Waals surface area (Å²) in [6, 6.07) is 0. The van der Waals surface area contributed by atoms with Gasteiger partial charge in [-0.1, -0.05) is 0 Å². The molecule has 1 rings (SSSR count). The van der Waals surface area contributed by atoms with Gasteiger partial charge in [0.05, 0.1) is 0 Å². The Bertz CT molecular complexity index is 27.4. The number of rotatable bonds is 0. The van der Waals surface area contributed by atoms with E-state index in [-0.39, 0.29) is 54.6 Å². The van der Waals surface area contributed by atoms with E-state index >= 15 is 0 Å². The van der Waals surface area contributed by atoms with Gasteiger partial charge in [-0.05, 0) is 12.8 Å². The molecule has 1 aliphatic heterocycles. The van der Waals surface area contributed by atoms with E-state index < -0.39 is 0 Å². The van der Waals surface area contributed by atoms with Crippen molar-refractivity contribution in [3.63, 3.8) is 0 Å². The fraction of sp³-hybridized carbons (Fsp3) is 1.00. The molecule has 0 aromatic heterocycles. The summed E-state index contributed by atoms with van der Waals surface area (Å²) in [5.74, 6) is 0. The number of hydrogen-bond acceptors (Lipinski definition) is 1. The largest absolute Gasteiger partial charge is 2.00 e. The number of ether oxygens (including phenoxy) is 1.